The molecule has 4 heterocycles. The Morgan fingerprint density at radius 1 is 1.03 bits per heavy atom. The molecule has 0 fully saturated rings. The molecule has 4 aromatic heterocycles. The lowest BCUT2D eigenvalue weighted by molar-refractivity contribution is 0.0697. The van der Waals surface area contributed by atoms with Gasteiger partial charge in [-0.1, -0.05) is 18.2 Å². The van der Waals surface area contributed by atoms with E-state index in [9.17, 15) is 9.90 Å². The summed E-state index contributed by atoms with van der Waals surface area (Å²) in [5.74, 6) is 1.34. The number of pyridine rings is 1. The molecule has 0 saturated carbocycles. The second-order valence-corrected chi connectivity index (χ2v) is 6.54. The maximum absolute atomic E-state index is 11.2. The van der Waals surface area contributed by atoms with Crippen molar-refractivity contribution in [1.82, 2.24) is 9.38 Å². The predicted molar refractivity (Wildman–Crippen MR) is 111 cm³/mol. The summed E-state index contributed by atoms with van der Waals surface area (Å²) in [6.45, 7) is 0. The van der Waals surface area contributed by atoms with E-state index in [1.54, 1.807) is 48.9 Å². The van der Waals surface area contributed by atoms with Gasteiger partial charge in [0.1, 0.15) is 17.2 Å². The highest BCUT2D eigenvalue weighted by atomic mass is 16.4. The molecule has 7 nitrogen and oxygen atoms in total. The number of imidazole rings is 1. The van der Waals surface area contributed by atoms with E-state index in [-0.39, 0.29) is 5.56 Å². The first-order chi connectivity index (χ1) is 14.7. The summed E-state index contributed by atoms with van der Waals surface area (Å²) in [5.41, 5.74) is 2.26. The second-order valence-electron chi connectivity index (χ2n) is 6.54. The van der Waals surface area contributed by atoms with Gasteiger partial charge in [-0.15, -0.1) is 0 Å². The van der Waals surface area contributed by atoms with Gasteiger partial charge in [0.05, 0.1) is 18.0 Å². The normalized spacial score (nSPS) is 11.5. The second kappa shape index (κ2) is 7.21. The first-order valence-electron chi connectivity index (χ1n) is 9.17. The number of hydrogen-bond acceptors (Lipinski definition) is 5. The number of rotatable bonds is 5. The summed E-state index contributed by atoms with van der Waals surface area (Å²) < 4.78 is 13.2. The zero-order valence-corrected chi connectivity index (χ0v) is 15.6. The Labute approximate surface area is 170 Å². The Bertz CT molecular complexity index is 1380. The number of aromatic carboxylic acids is 1. The number of carboxylic acids is 1. The number of aliphatic imine (C=N–C) groups is 1. The van der Waals surface area contributed by atoms with Gasteiger partial charge >= 0.3 is 5.97 Å². The Hall–Kier alpha value is -4.39. The van der Waals surface area contributed by atoms with Gasteiger partial charge in [-0.2, -0.15) is 0 Å². The third-order valence-corrected chi connectivity index (χ3v) is 4.59. The molecule has 7 heteroatoms. The summed E-state index contributed by atoms with van der Waals surface area (Å²) in [7, 11) is 0. The fourth-order valence-electron chi connectivity index (χ4n) is 3.19. The maximum Gasteiger partial charge on any atom is 0.335 e. The number of carbonyl (C=O) groups is 1. The van der Waals surface area contributed by atoms with E-state index in [1.807, 2.05) is 34.9 Å². The Morgan fingerprint density at radius 3 is 2.80 bits per heavy atom. The average molecular weight is 397 g/mol. The molecule has 1 N–H and O–H groups in total. The van der Waals surface area contributed by atoms with Crippen LogP contribution in [0, 0.1) is 0 Å². The van der Waals surface area contributed by atoms with Crippen LogP contribution in [0.1, 0.15) is 16.1 Å². The van der Waals surface area contributed by atoms with Gasteiger partial charge in [0.25, 0.3) is 0 Å². The average Bonchev–Trinajstić information content (AvgIpc) is 3.51. The van der Waals surface area contributed by atoms with Crippen molar-refractivity contribution in [2.45, 2.75) is 0 Å². The van der Waals surface area contributed by atoms with E-state index < -0.39 is 5.97 Å². The highest BCUT2D eigenvalue weighted by Gasteiger charge is 2.15. The zero-order valence-electron chi connectivity index (χ0n) is 15.6. The van der Waals surface area contributed by atoms with Crippen molar-refractivity contribution < 1.29 is 18.7 Å². The third kappa shape index (κ3) is 3.18. The molecule has 0 atom stereocenters. The molecule has 1 aromatic carbocycles. The van der Waals surface area contributed by atoms with Gasteiger partial charge in [0.2, 0.25) is 0 Å². The lowest BCUT2D eigenvalue weighted by atomic mass is 10.1. The number of benzene rings is 1. The summed E-state index contributed by atoms with van der Waals surface area (Å²) in [4.78, 5) is 20.4. The zero-order chi connectivity index (χ0) is 20.5. The van der Waals surface area contributed by atoms with Crippen molar-refractivity contribution in [2.24, 2.45) is 4.99 Å². The summed E-state index contributed by atoms with van der Waals surface area (Å²) >= 11 is 0. The van der Waals surface area contributed by atoms with Crippen molar-refractivity contribution in [1.29, 1.82) is 0 Å². The summed E-state index contributed by atoms with van der Waals surface area (Å²) in [5, 5.41) is 9.17. The largest absolute Gasteiger partial charge is 0.478 e. The van der Waals surface area contributed by atoms with Crippen molar-refractivity contribution in [3.8, 4) is 22.8 Å². The van der Waals surface area contributed by atoms with Gasteiger partial charge in [-0.05, 0) is 48.5 Å². The van der Waals surface area contributed by atoms with Crippen LogP contribution in [0.2, 0.25) is 0 Å². The molecule has 0 aliphatic heterocycles. The van der Waals surface area contributed by atoms with E-state index in [2.05, 4.69) is 9.98 Å². The molecule has 0 bridgehead atoms. The van der Waals surface area contributed by atoms with Crippen LogP contribution in [0.5, 0.6) is 0 Å². The molecule has 146 valence electrons. The van der Waals surface area contributed by atoms with Crippen LogP contribution >= 0.6 is 0 Å². The molecule has 0 aliphatic rings. The van der Waals surface area contributed by atoms with Crippen LogP contribution in [0.15, 0.2) is 93.0 Å². The molecule has 30 heavy (non-hydrogen) atoms. The summed E-state index contributed by atoms with van der Waals surface area (Å²) in [6.07, 6.45) is 5.08. The molecule has 0 radical (unpaired) electrons. The van der Waals surface area contributed by atoms with Gasteiger partial charge in [-0.25, -0.2) is 14.8 Å². The highest BCUT2D eigenvalue weighted by Crippen LogP contribution is 2.31. The number of furan rings is 2. The Morgan fingerprint density at radius 2 is 1.97 bits per heavy atom. The molecule has 0 amide bonds. The van der Waals surface area contributed by atoms with Gasteiger partial charge < -0.3 is 13.9 Å². The lowest BCUT2D eigenvalue weighted by Gasteiger charge is -1.99. The minimum atomic E-state index is -0.983. The van der Waals surface area contributed by atoms with Crippen molar-refractivity contribution in [3.05, 3.63) is 90.5 Å². The monoisotopic (exact) mass is 397 g/mol. The van der Waals surface area contributed by atoms with Crippen LogP contribution in [0.4, 0.5) is 5.82 Å². The van der Waals surface area contributed by atoms with Crippen molar-refractivity contribution >= 4 is 23.6 Å². The van der Waals surface area contributed by atoms with E-state index in [1.165, 1.54) is 6.07 Å². The number of aromatic nitrogens is 2. The number of carboxylic acid groups (broad SMARTS) is 1. The van der Waals surface area contributed by atoms with E-state index >= 15 is 0 Å². The van der Waals surface area contributed by atoms with Gasteiger partial charge in [0, 0.05) is 11.8 Å². The molecular formula is C23H15N3O4. The van der Waals surface area contributed by atoms with E-state index in [4.69, 9.17) is 8.83 Å². The standard InChI is InChI=1S/C23H15N3O4/c27-23(28)16-6-3-5-15(13-16)18-10-9-17(30-18)14-24-22-21(19-7-4-12-29-19)25-20-8-1-2-11-26(20)22/h1-14H,(H,27,28). The lowest BCUT2D eigenvalue weighted by Crippen LogP contribution is -1.95. The molecule has 5 rings (SSSR count). The minimum absolute atomic E-state index is 0.202. The van der Waals surface area contributed by atoms with Crippen LogP contribution in [0.3, 0.4) is 0 Å². The SMILES string of the molecule is O=C(O)c1cccc(-c2ccc(C=Nc3c(-c4ccco4)nc4ccccn34)o2)c1. The fraction of sp³-hybridized carbons (Fsp3) is 0. The first kappa shape index (κ1) is 17.7. The van der Waals surface area contributed by atoms with E-state index in [0.29, 0.717) is 34.4 Å². The predicted octanol–water partition coefficient (Wildman–Crippen LogP) is 5.30. The van der Waals surface area contributed by atoms with Gasteiger partial charge in [-0.3, -0.25) is 4.40 Å². The van der Waals surface area contributed by atoms with Crippen molar-refractivity contribution in [3.63, 3.8) is 0 Å². The first-order valence-corrected chi connectivity index (χ1v) is 9.17. The van der Waals surface area contributed by atoms with E-state index in [0.717, 1.165) is 5.65 Å². The molecule has 0 aliphatic carbocycles. The highest BCUT2D eigenvalue weighted by molar-refractivity contribution is 5.89. The van der Waals surface area contributed by atoms with Gasteiger partial charge in [0.15, 0.2) is 17.3 Å². The Kier molecular flexibility index (Phi) is 4.25. The van der Waals surface area contributed by atoms with Crippen LogP contribution in [-0.2, 0) is 0 Å². The molecule has 0 saturated heterocycles. The number of hydrogen-bond donors (Lipinski definition) is 1. The maximum atomic E-state index is 11.2. The van der Waals surface area contributed by atoms with Crippen LogP contribution < -0.4 is 0 Å². The smallest absolute Gasteiger partial charge is 0.335 e. The molecular weight excluding hydrogens is 382 g/mol. The topological polar surface area (TPSA) is 93.2 Å². The molecule has 0 unspecified atom stereocenters. The Balaban J connectivity index is 1.51. The molecule has 5 aromatic rings. The minimum Gasteiger partial charge on any atom is -0.478 e. The quantitative estimate of drug-likeness (QED) is 0.406. The van der Waals surface area contributed by atoms with Crippen LogP contribution in [0.25, 0.3) is 28.4 Å². The summed E-state index contributed by atoms with van der Waals surface area (Å²) in [6, 6.07) is 19.5. The fourth-order valence-corrected chi connectivity index (χ4v) is 3.19. The number of fused-ring (bicyclic) bond motifs is 1. The number of nitrogens with zero attached hydrogens (tertiary/aromatic N) is 3. The van der Waals surface area contributed by atoms with Crippen molar-refractivity contribution in [2.75, 3.05) is 0 Å². The third-order valence-electron chi connectivity index (χ3n) is 4.59. The molecule has 0 spiro atoms. The van der Waals surface area contributed by atoms with Crippen LogP contribution in [-0.4, -0.2) is 26.7 Å².